The highest BCUT2D eigenvalue weighted by atomic mass is 16.4. The number of benzene rings is 1. The molecular formula is C15H19NO3. The zero-order chi connectivity index (χ0) is 13.8. The van der Waals surface area contributed by atoms with Crippen molar-refractivity contribution in [3.63, 3.8) is 0 Å². The molecule has 1 fully saturated rings. The van der Waals surface area contributed by atoms with E-state index >= 15 is 0 Å². The molecule has 0 aliphatic heterocycles. The van der Waals surface area contributed by atoms with Gasteiger partial charge in [0.2, 0.25) is 5.91 Å². The first-order valence-corrected chi connectivity index (χ1v) is 6.71. The summed E-state index contributed by atoms with van der Waals surface area (Å²) in [4.78, 5) is 22.8. The van der Waals surface area contributed by atoms with E-state index in [2.05, 4.69) is 12.2 Å². The maximum absolute atomic E-state index is 11.6. The van der Waals surface area contributed by atoms with Gasteiger partial charge in [0.25, 0.3) is 0 Å². The highest BCUT2D eigenvalue weighted by Crippen LogP contribution is 2.29. The van der Waals surface area contributed by atoms with Crippen LogP contribution in [0.3, 0.4) is 0 Å². The summed E-state index contributed by atoms with van der Waals surface area (Å²) in [5.41, 5.74) is 2.15. The molecule has 0 spiro atoms. The first kappa shape index (κ1) is 13.6. The molecule has 1 saturated carbocycles. The minimum absolute atomic E-state index is 0.0318. The molecule has 1 aromatic carbocycles. The second-order valence-electron chi connectivity index (χ2n) is 5.05. The quantitative estimate of drug-likeness (QED) is 0.820. The molecule has 0 saturated heterocycles. The Morgan fingerprint density at radius 2 is 1.84 bits per heavy atom. The fraction of sp³-hybridized carbons (Fsp3) is 0.467. The van der Waals surface area contributed by atoms with Gasteiger partial charge >= 0.3 is 5.97 Å². The van der Waals surface area contributed by atoms with Gasteiger partial charge in [-0.05, 0) is 30.4 Å². The average Bonchev–Trinajstić information content (AvgIpc) is 3.23. The van der Waals surface area contributed by atoms with Crippen LogP contribution in [-0.2, 0) is 22.4 Å². The second kappa shape index (κ2) is 5.87. The topological polar surface area (TPSA) is 66.4 Å². The van der Waals surface area contributed by atoms with Gasteiger partial charge in [0.15, 0.2) is 0 Å². The lowest BCUT2D eigenvalue weighted by molar-refractivity contribution is -0.142. The van der Waals surface area contributed by atoms with Gasteiger partial charge in [-0.25, -0.2) is 4.79 Å². The van der Waals surface area contributed by atoms with Gasteiger partial charge in [-0.3, -0.25) is 4.79 Å². The number of aliphatic carboxylic acids is 1. The van der Waals surface area contributed by atoms with Crippen LogP contribution in [0.2, 0.25) is 0 Å². The predicted molar refractivity (Wildman–Crippen MR) is 71.8 cm³/mol. The molecule has 102 valence electrons. The van der Waals surface area contributed by atoms with E-state index < -0.39 is 12.0 Å². The zero-order valence-electron chi connectivity index (χ0n) is 11.1. The highest BCUT2D eigenvalue weighted by Gasteiger charge is 2.32. The first-order valence-electron chi connectivity index (χ1n) is 6.71. The molecule has 1 aromatic rings. The van der Waals surface area contributed by atoms with Crippen LogP contribution < -0.4 is 5.32 Å². The Bertz CT molecular complexity index is 463. The molecule has 1 amide bonds. The summed E-state index contributed by atoms with van der Waals surface area (Å²) in [5, 5.41) is 11.8. The van der Waals surface area contributed by atoms with Crippen LogP contribution in [0.15, 0.2) is 24.3 Å². The van der Waals surface area contributed by atoms with Gasteiger partial charge in [0.1, 0.15) is 6.04 Å². The smallest absolute Gasteiger partial charge is 0.326 e. The van der Waals surface area contributed by atoms with Crippen molar-refractivity contribution in [2.45, 2.75) is 38.6 Å². The Balaban J connectivity index is 1.98. The minimum Gasteiger partial charge on any atom is -0.480 e. The summed E-state index contributed by atoms with van der Waals surface area (Å²) in [7, 11) is 0. The van der Waals surface area contributed by atoms with Gasteiger partial charge in [-0.15, -0.1) is 0 Å². The average molecular weight is 261 g/mol. The number of carboxylic acid groups (broad SMARTS) is 1. The summed E-state index contributed by atoms with van der Waals surface area (Å²) in [6.07, 6.45) is 3.05. The van der Waals surface area contributed by atoms with E-state index in [-0.39, 0.29) is 11.8 Å². The molecule has 19 heavy (non-hydrogen) atoms. The molecule has 1 aliphatic rings. The maximum atomic E-state index is 11.6. The minimum atomic E-state index is -0.978. The third-order valence-electron chi connectivity index (χ3n) is 3.43. The summed E-state index contributed by atoms with van der Waals surface area (Å²) in [5.74, 6) is -1.07. The van der Waals surface area contributed by atoms with Crippen molar-refractivity contribution in [1.29, 1.82) is 0 Å². The van der Waals surface area contributed by atoms with Crippen molar-refractivity contribution >= 4 is 11.9 Å². The van der Waals surface area contributed by atoms with E-state index in [9.17, 15) is 14.7 Å². The number of aryl methyl sites for hydroxylation is 1. The molecule has 2 N–H and O–H groups in total. The Morgan fingerprint density at radius 3 is 2.32 bits per heavy atom. The van der Waals surface area contributed by atoms with Crippen molar-refractivity contribution in [2.75, 3.05) is 0 Å². The number of rotatable bonds is 6. The number of amides is 1. The van der Waals surface area contributed by atoms with Crippen LogP contribution >= 0.6 is 0 Å². The van der Waals surface area contributed by atoms with E-state index in [1.807, 2.05) is 24.3 Å². The molecule has 4 heteroatoms. The van der Waals surface area contributed by atoms with Crippen molar-refractivity contribution in [3.8, 4) is 0 Å². The lowest BCUT2D eigenvalue weighted by Crippen LogP contribution is -2.43. The van der Waals surface area contributed by atoms with E-state index in [1.165, 1.54) is 5.56 Å². The monoisotopic (exact) mass is 261 g/mol. The van der Waals surface area contributed by atoms with E-state index in [0.717, 1.165) is 24.8 Å². The number of hydrogen-bond donors (Lipinski definition) is 2. The van der Waals surface area contributed by atoms with Crippen LogP contribution in [0.5, 0.6) is 0 Å². The molecule has 1 aliphatic carbocycles. The van der Waals surface area contributed by atoms with Gasteiger partial charge in [-0.2, -0.15) is 0 Å². The third kappa shape index (κ3) is 3.81. The molecular weight excluding hydrogens is 242 g/mol. The normalized spacial score (nSPS) is 15.8. The van der Waals surface area contributed by atoms with Crippen molar-refractivity contribution in [3.05, 3.63) is 35.4 Å². The largest absolute Gasteiger partial charge is 0.480 e. The van der Waals surface area contributed by atoms with Crippen LogP contribution in [0, 0.1) is 5.92 Å². The molecule has 0 radical (unpaired) electrons. The summed E-state index contributed by atoms with van der Waals surface area (Å²) < 4.78 is 0. The summed E-state index contributed by atoms with van der Waals surface area (Å²) in [6.45, 7) is 2.07. The van der Waals surface area contributed by atoms with Crippen molar-refractivity contribution in [2.24, 2.45) is 5.92 Å². The van der Waals surface area contributed by atoms with E-state index in [0.29, 0.717) is 6.42 Å². The predicted octanol–water partition coefficient (Wildman–Crippen LogP) is 1.77. The molecule has 1 unspecified atom stereocenters. The number of carbonyl (C=O) groups is 2. The summed E-state index contributed by atoms with van der Waals surface area (Å²) >= 11 is 0. The van der Waals surface area contributed by atoms with E-state index in [4.69, 9.17) is 0 Å². The Morgan fingerprint density at radius 1 is 1.26 bits per heavy atom. The van der Waals surface area contributed by atoms with Gasteiger partial charge in [0, 0.05) is 12.3 Å². The van der Waals surface area contributed by atoms with Gasteiger partial charge in [-0.1, -0.05) is 31.2 Å². The van der Waals surface area contributed by atoms with Gasteiger partial charge < -0.3 is 10.4 Å². The number of carbonyl (C=O) groups excluding carboxylic acids is 1. The Kier molecular flexibility index (Phi) is 4.20. The SMILES string of the molecule is CCc1ccc(CC(NC(=O)C2CC2)C(=O)O)cc1. The van der Waals surface area contributed by atoms with Crippen LogP contribution in [0.1, 0.15) is 30.9 Å². The number of carboxylic acids is 1. The molecule has 0 heterocycles. The molecule has 1 atom stereocenters. The maximum Gasteiger partial charge on any atom is 0.326 e. The number of nitrogens with one attached hydrogen (secondary N) is 1. The van der Waals surface area contributed by atoms with Crippen LogP contribution in [0.4, 0.5) is 0 Å². The Hall–Kier alpha value is -1.84. The first-order chi connectivity index (χ1) is 9.10. The lowest BCUT2D eigenvalue weighted by atomic mass is 10.0. The van der Waals surface area contributed by atoms with Gasteiger partial charge in [0.05, 0.1) is 0 Å². The van der Waals surface area contributed by atoms with Crippen LogP contribution in [-0.4, -0.2) is 23.0 Å². The third-order valence-corrected chi connectivity index (χ3v) is 3.43. The highest BCUT2D eigenvalue weighted by molar-refractivity contribution is 5.86. The van der Waals surface area contributed by atoms with E-state index in [1.54, 1.807) is 0 Å². The fourth-order valence-electron chi connectivity index (χ4n) is 1.98. The molecule has 0 aromatic heterocycles. The second-order valence-corrected chi connectivity index (χ2v) is 5.05. The fourth-order valence-corrected chi connectivity index (χ4v) is 1.98. The number of hydrogen-bond acceptors (Lipinski definition) is 2. The summed E-state index contributed by atoms with van der Waals surface area (Å²) in [6, 6.07) is 7.02. The lowest BCUT2D eigenvalue weighted by Gasteiger charge is -2.14. The molecule has 0 bridgehead atoms. The zero-order valence-corrected chi connectivity index (χ0v) is 11.1. The standard InChI is InChI=1S/C15H19NO3/c1-2-10-3-5-11(6-4-10)9-13(15(18)19)16-14(17)12-7-8-12/h3-6,12-13H,2,7-9H2,1H3,(H,16,17)(H,18,19). The van der Waals surface area contributed by atoms with Crippen molar-refractivity contribution < 1.29 is 14.7 Å². The van der Waals surface area contributed by atoms with Crippen LogP contribution in [0.25, 0.3) is 0 Å². The van der Waals surface area contributed by atoms with Crippen molar-refractivity contribution in [1.82, 2.24) is 5.32 Å². The molecule has 2 rings (SSSR count). The Labute approximate surface area is 112 Å². The molecule has 4 nitrogen and oxygen atoms in total.